The fraction of sp³-hybridized carbons (Fsp3) is 0.737. The quantitative estimate of drug-likeness (QED) is 0.448. The van der Waals surface area contributed by atoms with E-state index >= 15 is 0 Å². The molecule has 3 fully saturated rings. The molecule has 0 aromatic rings. The zero-order valence-electron chi connectivity index (χ0n) is 15.6. The van der Waals surface area contributed by atoms with Gasteiger partial charge in [0.05, 0.1) is 12.0 Å². The summed E-state index contributed by atoms with van der Waals surface area (Å²) in [5.74, 6) is -2.18. The van der Waals surface area contributed by atoms with Gasteiger partial charge in [-0.3, -0.25) is 9.59 Å². The molecule has 26 heavy (non-hydrogen) atoms. The molecule has 8 atom stereocenters. The van der Waals surface area contributed by atoms with E-state index in [1.54, 1.807) is 0 Å². The van der Waals surface area contributed by atoms with Crippen LogP contribution in [-0.4, -0.2) is 47.4 Å². The predicted octanol–water partition coefficient (Wildman–Crippen LogP) is 1.37. The van der Waals surface area contributed by atoms with Gasteiger partial charge in [-0.25, -0.2) is 4.79 Å². The normalized spacial score (nSPS) is 44.6. The first kappa shape index (κ1) is 18.9. The van der Waals surface area contributed by atoms with E-state index in [1.807, 2.05) is 13.8 Å². The van der Waals surface area contributed by atoms with Crippen molar-refractivity contribution in [1.29, 1.82) is 0 Å². The Morgan fingerprint density at radius 2 is 1.85 bits per heavy atom. The van der Waals surface area contributed by atoms with Crippen molar-refractivity contribution in [3.63, 3.8) is 0 Å². The van der Waals surface area contributed by atoms with Crippen molar-refractivity contribution in [2.45, 2.75) is 65.0 Å². The molecule has 1 saturated heterocycles. The maximum absolute atomic E-state index is 12.0. The Kier molecular flexibility index (Phi) is 4.63. The first-order chi connectivity index (χ1) is 12.1. The average molecular weight is 366 g/mol. The smallest absolute Gasteiger partial charge is 0.334 e. The van der Waals surface area contributed by atoms with Gasteiger partial charge in [0.1, 0.15) is 18.3 Å². The molecule has 1 N–H and O–H groups in total. The van der Waals surface area contributed by atoms with Crippen molar-refractivity contribution in [3.8, 4) is 0 Å². The molecule has 0 spiro atoms. The van der Waals surface area contributed by atoms with Crippen LogP contribution in [0.2, 0.25) is 0 Å². The van der Waals surface area contributed by atoms with Crippen molar-refractivity contribution < 1.29 is 33.7 Å². The van der Waals surface area contributed by atoms with Crippen LogP contribution in [0.3, 0.4) is 0 Å². The Morgan fingerprint density at radius 1 is 1.23 bits per heavy atom. The number of carbonyl (C=O) groups is 3. The standard InChI is InChI=1S/C19H26O7/c1-8-6-12-15(9(2)18(23)26-12)17(22)19(5)14(25-11(4)21)7-13(16(8)19)24-10(3)20/h8,12-17,22H,2,6-7H2,1,3-5H3/t8-,12+,13+,14-,15-,16-,17-,19-/m1/s1. The van der Waals surface area contributed by atoms with E-state index in [0.717, 1.165) is 0 Å². The number of rotatable bonds is 2. The Balaban J connectivity index is 2.06. The lowest BCUT2D eigenvalue weighted by molar-refractivity contribution is -0.162. The molecule has 0 amide bonds. The number of hydrogen-bond donors (Lipinski definition) is 1. The number of fused-ring (bicyclic) bond motifs is 2. The van der Waals surface area contributed by atoms with Crippen LogP contribution in [0, 0.1) is 23.2 Å². The summed E-state index contributed by atoms with van der Waals surface area (Å²) in [4.78, 5) is 35.2. The second-order valence-corrected chi connectivity index (χ2v) is 8.03. The van der Waals surface area contributed by atoms with E-state index < -0.39 is 53.7 Å². The van der Waals surface area contributed by atoms with Crippen molar-refractivity contribution >= 4 is 17.9 Å². The molecule has 0 unspecified atom stereocenters. The van der Waals surface area contributed by atoms with Gasteiger partial charge in [0.2, 0.25) is 0 Å². The molecule has 3 aliphatic rings. The predicted molar refractivity (Wildman–Crippen MR) is 89.6 cm³/mol. The molecular formula is C19H26O7. The number of ether oxygens (including phenoxy) is 3. The highest BCUT2D eigenvalue weighted by molar-refractivity contribution is 5.91. The van der Waals surface area contributed by atoms with Crippen LogP contribution >= 0.6 is 0 Å². The van der Waals surface area contributed by atoms with Crippen molar-refractivity contribution in [2.75, 3.05) is 0 Å². The molecule has 1 heterocycles. The Labute approximate surface area is 152 Å². The third kappa shape index (κ3) is 2.73. The molecule has 7 heteroatoms. The van der Waals surface area contributed by atoms with Crippen LogP contribution in [0.15, 0.2) is 12.2 Å². The average Bonchev–Trinajstić information content (AvgIpc) is 2.90. The van der Waals surface area contributed by atoms with Gasteiger partial charge in [0, 0.05) is 37.2 Å². The maximum atomic E-state index is 12.0. The summed E-state index contributed by atoms with van der Waals surface area (Å²) in [5.41, 5.74) is -0.643. The molecule has 2 saturated carbocycles. The largest absolute Gasteiger partial charge is 0.462 e. The van der Waals surface area contributed by atoms with E-state index in [-0.39, 0.29) is 17.4 Å². The summed E-state index contributed by atoms with van der Waals surface area (Å²) in [6, 6.07) is 0. The minimum Gasteiger partial charge on any atom is -0.462 e. The fourth-order valence-electron chi connectivity index (χ4n) is 5.44. The van der Waals surface area contributed by atoms with Crippen LogP contribution in [0.25, 0.3) is 0 Å². The first-order valence-corrected chi connectivity index (χ1v) is 8.99. The zero-order valence-corrected chi connectivity index (χ0v) is 15.6. The van der Waals surface area contributed by atoms with Gasteiger partial charge in [-0.05, 0) is 12.3 Å². The minimum absolute atomic E-state index is 0.0201. The van der Waals surface area contributed by atoms with E-state index in [1.165, 1.54) is 13.8 Å². The summed E-state index contributed by atoms with van der Waals surface area (Å²) in [6.07, 6.45) is -1.74. The molecule has 0 aromatic heterocycles. The van der Waals surface area contributed by atoms with Gasteiger partial charge in [0.15, 0.2) is 0 Å². The maximum Gasteiger partial charge on any atom is 0.334 e. The first-order valence-electron chi connectivity index (χ1n) is 8.99. The summed E-state index contributed by atoms with van der Waals surface area (Å²) in [5, 5.41) is 11.3. The number of aliphatic hydroxyl groups is 1. The Morgan fingerprint density at radius 3 is 2.42 bits per heavy atom. The summed E-state index contributed by atoms with van der Waals surface area (Å²) in [6.45, 7) is 10.3. The Bertz CT molecular complexity index is 656. The molecule has 3 rings (SSSR count). The van der Waals surface area contributed by atoms with Crippen molar-refractivity contribution in [3.05, 3.63) is 12.2 Å². The zero-order chi connectivity index (χ0) is 19.4. The third-order valence-electron chi connectivity index (χ3n) is 6.40. The molecular weight excluding hydrogens is 340 g/mol. The van der Waals surface area contributed by atoms with Crippen LogP contribution in [0.4, 0.5) is 0 Å². The lowest BCUT2D eigenvalue weighted by Gasteiger charge is -2.42. The second-order valence-electron chi connectivity index (χ2n) is 8.03. The SMILES string of the molecule is C=C1C(=O)O[C@H]2C[C@@H](C)[C@@H]3[C@@H](OC(C)=O)C[C@@H](OC(C)=O)[C@@]3(C)[C@H](O)[C@H]12. The van der Waals surface area contributed by atoms with E-state index in [4.69, 9.17) is 14.2 Å². The number of carbonyl (C=O) groups excluding carboxylic acids is 3. The summed E-state index contributed by atoms with van der Waals surface area (Å²) in [7, 11) is 0. The van der Waals surface area contributed by atoms with Crippen LogP contribution in [0.5, 0.6) is 0 Å². The van der Waals surface area contributed by atoms with Gasteiger partial charge < -0.3 is 19.3 Å². The second kappa shape index (κ2) is 6.37. The van der Waals surface area contributed by atoms with Gasteiger partial charge >= 0.3 is 17.9 Å². The fourth-order valence-corrected chi connectivity index (χ4v) is 5.44. The lowest BCUT2D eigenvalue weighted by Crippen LogP contribution is -2.50. The van der Waals surface area contributed by atoms with Crippen LogP contribution in [-0.2, 0) is 28.6 Å². The van der Waals surface area contributed by atoms with Gasteiger partial charge in [-0.2, -0.15) is 0 Å². The highest BCUT2D eigenvalue weighted by Crippen LogP contribution is 2.58. The van der Waals surface area contributed by atoms with Crippen LogP contribution < -0.4 is 0 Å². The molecule has 1 aliphatic heterocycles. The topological polar surface area (TPSA) is 99.1 Å². The van der Waals surface area contributed by atoms with E-state index in [0.29, 0.717) is 12.8 Å². The molecule has 7 nitrogen and oxygen atoms in total. The van der Waals surface area contributed by atoms with Gasteiger partial charge in [-0.15, -0.1) is 0 Å². The van der Waals surface area contributed by atoms with Gasteiger partial charge in [-0.1, -0.05) is 20.4 Å². The molecule has 2 aliphatic carbocycles. The van der Waals surface area contributed by atoms with Crippen LogP contribution in [0.1, 0.15) is 40.5 Å². The molecule has 0 radical (unpaired) electrons. The molecule has 144 valence electrons. The third-order valence-corrected chi connectivity index (χ3v) is 6.40. The molecule has 0 aromatic carbocycles. The number of esters is 3. The summed E-state index contributed by atoms with van der Waals surface area (Å²) >= 11 is 0. The Hall–Kier alpha value is -1.89. The molecule has 0 bridgehead atoms. The van der Waals surface area contributed by atoms with E-state index in [2.05, 4.69) is 6.58 Å². The lowest BCUT2D eigenvalue weighted by atomic mass is 9.67. The van der Waals surface area contributed by atoms with Crippen molar-refractivity contribution in [1.82, 2.24) is 0 Å². The minimum atomic E-state index is -1.01. The van der Waals surface area contributed by atoms with Gasteiger partial charge in [0.25, 0.3) is 0 Å². The highest BCUT2D eigenvalue weighted by atomic mass is 16.6. The monoisotopic (exact) mass is 366 g/mol. The van der Waals surface area contributed by atoms with E-state index in [9.17, 15) is 19.5 Å². The van der Waals surface area contributed by atoms with Crippen molar-refractivity contribution in [2.24, 2.45) is 23.2 Å². The number of aliphatic hydroxyl groups excluding tert-OH is 1. The summed E-state index contributed by atoms with van der Waals surface area (Å²) < 4.78 is 16.5. The highest BCUT2D eigenvalue weighted by Gasteiger charge is 2.66. The number of hydrogen-bond acceptors (Lipinski definition) is 7.